The van der Waals surface area contributed by atoms with E-state index < -0.39 is 0 Å². The Morgan fingerprint density at radius 3 is 2.84 bits per heavy atom. The summed E-state index contributed by atoms with van der Waals surface area (Å²) in [5.74, 6) is 0.763. The fourth-order valence-corrected chi connectivity index (χ4v) is 1.88. The SMILES string of the molecule is COc1c(Cl)ncnc1Nc1cccc(C)c1C#N. The average molecular weight is 275 g/mol. The molecule has 6 heteroatoms. The van der Waals surface area contributed by atoms with E-state index in [9.17, 15) is 5.26 Å². The molecular formula is C13H11ClN4O. The zero-order chi connectivity index (χ0) is 13.8. The Morgan fingerprint density at radius 2 is 2.16 bits per heavy atom. The minimum Gasteiger partial charge on any atom is -0.490 e. The maximum absolute atomic E-state index is 9.18. The number of halogens is 1. The molecule has 0 saturated heterocycles. The molecule has 0 bridgehead atoms. The Kier molecular flexibility index (Phi) is 3.83. The lowest BCUT2D eigenvalue weighted by atomic mass is 10.1. The molecule has 5 nitrogen and oxygen atoms in total. The van der Waals surface area contributed by atoms with Crippen LogP contribution in [0.4, 0.5) is 11.5 Å². The third kappa shape index (κ3) is 2.59. The molecule has 0 aliphatic rings. The van der Waals surface area contributed by atoms with Gasteiger partial charge in [-0.1, -0.05) is 23.7 Å². The summed E-state index contributed by atoms with van der Waals surface area (Å²) in [4.78, 5) is 7.91. The van der Waals surface area contributed by atoms with Crippen molar-refractivity contribution < 1.29 is 4.74 Å². The van der Waals surface area contributed by atoms with E-state index >= 15 is 0 Å². The molecule has 0 radical (unpaired) electrons. The molecule has 1 aromatic carbocycles. The van der Waals surface area contributed by atoms with Gasteiger partial charge in [0.1, 0.15) is 12.4 Å². The van der Waals surface area contributed by atoms with Gasteiger partial charge >= 0.3 is 0 Å². The van der Waals surface area contributed by atoms with Crippen molar-refractivity contribution >= 4 is 23.1 Å². The first-order valence-electron chi connectivity index (χ1n) is 5.48. The Bertz CT molecular complexity index is 652. The molecule has 0 saturated carbocycles. The average Bonchev–Trinajstić information content (AvgIpc) is 2.39. The van der Waals surface area contributed by atoms with Gasteiger partial charge in [-0.15, -0.1) is 0 Å². The van der Waals surface area contributed by atoms with Crippen molar-refractivity contribution in [1.82, 2.24) is 9.97 Å². The van der Waals surface area contributed by atoms with Gasteiger partial charge in [-0.05, 0) is 18.6 Å². The quantitative estimate of drug-likeness (QED) is 0.871. The van der Waals surface area contributed by atoms with Crippen LogP contribution in [0.5, 0.6) is 5.75 Å². The Labute approximate surface area is 115 Å². The third-order valence-corrected chi connectivity index (χ3v) is 2.87. The van der Waals surface area contributed by atoms with Crippen LogP contribution in [0.15, 0.2) is 24.5 Å². The molecule has 0 atom stereocenters. The van der Waals surface area contributed by atoms with E-state index in [1.165, 1.54) is 13.4 Å². The number of aromatic nitrogens is 2. The van der Waals surface area contributed by atoms with E-state index in [2.05, 4.69) is 21.4 Å². The fraction of sp³-hybridized carbons (Fsp3) is 0.154. The minimum atomic E-state index is 0.214. The standard InChI is InChI=1S/C13H11ClN4O/c1-8-4-3-5-10(9(8)6-15)18-13-11(19-2)12(14)16-7-17-13/h3-5,7H,1-2H3,(H,16,17,18). The summed E-state index contributed by atoms with van der Waals surface area (Å²) >= 11 is 5.92. The molecule has 0 unspecified atom stereocenters. The van der Waals surface area contributed by atoms with Crippen LogP contribution >= 0.6 is 11.6 Å². The molecule has 0 aliphatic heterocycles. The molecule has 96 valence electrons. The summed E-state index contributed by atoms with van der Waals surface area (Å²) in [5, 5.41) is 12.4. The zero-order valence-corrected chi connectivity index (χ0v) is 11.2. The number of hydrogen-bond acceptors (Lipinski definition) is 5. The summed E-state index contributed by atoms with van der Waals surface area (Å²) in [5.41, 5.74) is 2.08. The van der Waals surface area contributed by atoms with Crippen LogP contribution in [0.1, 0.15) is 11.1 Å². The summed E-state index contributed by atoms with van der Waals surface area (Å²) in [7, 11) is 1.48. The van der Waals surface area contributed by atoms with Crippen LogP contribution in [0.25, 0.3) is 0 Å². The molecule has 1 N–H and O–H groups in total. The summed E-state index contributed by atoms with van der Waals surface area (Å²) in [6, 6.07) is 7.67. The Hall–Kier alpha value is -2.32. The lowest BCUT2D eigenvalue weighted by Gasteiger charge is -2.12. The molecule has 1 heterocycles. The van der Waals surface area contributed by atoms with Crippen molar-refractivity contribution in [2.24, 2.45) is 0 Å². The predicted molar refractivity (Wildman–Crippen MR) is 72.8 cm³/mol. The van der Waals surface area contributed by atoms with E-state index in [1.807, 2.05) is 19.1 Å². The molecule has 2 rings (SSSR count). The number of ether oxygens (including phenoxy) is 1. The monoisotopic (exact) mass is 274 g/mol. The van der Waals surface area contributed by atoms with Crippen molar-refractivity contribution in [2.75, 3.05) is 12.4 Å². The van der Waals surface area contributed by atoms with Gasteiger partial charge in [0.2, 0.25) is 0 Å². The lowest BCUT2D eigenvalue weighted by Crippen LogP contribution is -2.01. The van der Waals surface area contributed by atoms with Crippen LogP contribution in [0.3, 0.4) is 0 Å². The van der Waals surface area contributed by atoms with Gasteiger partial charge in [-0.3, -0.25) is 0 Å². The molecule has 0 aliphatic carbocycles. The van der Waals surface area contributed by atoms with Crippen molar-refractivity contribution in [3.8, 4) is 11.8 Å². The third-order valence-electron chi connectivity index (χ3n) is 2.60. The van der Waals surface area contributed by atoms with E-state index in [4.69, 9.17) is 16.3 Å². The summed E-state index contributed by atoms with van der Waals surface area (Å²) in [6.45, 7) is 1.87. The van der Waals surface area contributed by atoms with Crippen LogP contribution in [-0.2, 0) is 0 Å². The number of nitrogens with one attached hydrogen (secondary N) is 1. The molecule has 0 amide bonds. The molecule has 0 spiro atoms. The van der Waals surface area contributed by atoms with Crippen molar-refractivity contribution in [1.29, 1.82) is 5.26 Å². The maximum atomic E-state index is 9.18. The number of nitrogens with zero attached hydrogens (tertiary/aromatic N) is 3. The highest BCUT2D eigenvalue weighted by atomic mass is 35.5. The predicted octanol–water partition coefficient (Wildman–Crippen LogP) is 3.06. The summed E-state index contributed by atoms with van der Waals surface area (Å²) < 4.78 is 5.15. The number of hydrogen-bond donors (Lipinski definition) is 1. The normalized spacial score (nSPS) is 9.79. The second kappa shape index (κ2) is 5.55. The van der Waals surface area contributed by atoms with Gasteiger partial charge in [0.05, 0.1) is 18.4 Å². The van der Waals surface area contributed by atoms with Gasteiger partial charge in [-0.2, -0.15) is 5.26 Å². The van der Waals surface area contributed by atoms with Crippen molar-refractivity contribution in [3.05, 3.63) is 40.8 Å². The van der Waals surface area contributed by atoms with Crippen molar-refractivity contribution in [3.63, 3.8) is 0 Å². The van der Waals surface area contributed by atoms with Crippen LogP contribution in [-0.4, -0.2) is 17.1 Å². The lowest BCUT2D eigenvalue weighted by molar-refractivity contribution is 0.413. The zero-order valence-electron chi connectivity index (χ0n) is 10.4. The molecule has 1 aromatic heterocycles. The van der Waals surface area contributed by atoms with E-state index in [0.717, 1.165) is 5.56 Å². The van der Waals surface area contributed by atoms with E-state index in [-0.39, 0.29) is 5.15 Å². The second-order valence-electron chi connectivity index (χ2n) is 3.78. The number of benzene rings is 1. The number of anilines is 2. The molecule has 0 fully saturated rings. The summed E-state index contributed by atoms with van der Waals surface area (Å²) in [6.07, 6.45) is 1.33. The van der Waals surface area contributed by atoms with E-state index in [1.54, 1.807) is 6.07 Å². The highest BCUT2D eigenvalue weighted by molar-refractivity contribution is 6.31. The number of aryl methyl sites for hydroxylation is 1. The molecule has 19 heavy (non-hydrogen) atoms. The number of nitriles is 1. The second-order valence-corrected chi connectivity index (χ2v) is 4.14. The molecule has 2 aromatic rings. The number of methoxy groups -OCH3 is 1. The van der Waals surface area contributed by atoms with Gasteiger partial charge in [0.25, 0.3) is 0 Å². The highest BCUT2D eigenvalue weighted by Gasteiger charge is 2.12. The maximum Gasteiger partial charge on any atom is 0.199 e. The fourth-order valence-electron chi connectivity index (χ4n) is 1.67. The first-order valence-corrected chi connectivity index (χ1v) is 5.86. The topological polar surface area (TPSA) is 70.8 Å². The minimum absolute atomic E-state index is 0.214. The largest absolute Gasteiger partial charge is 0.490 e. The van der Waals surface area contributed by atoms with Crippen LogP contribution in [0, 0.1) is 18.3 Å². The first kappa shape index (κ1) is 13.1. The smallest absolute Gasteiger partial charge is 0.199 e. The van der Waals surface area contributed by atoms with Gasteiger partial charge < -0.3 is 10.1 Å². The Morgan fingerprint density at radius 1 is 1.37 bits per heavy atom. The highest BCUT2D eigenvalue weighted by Crippen LogP contribution is 2.32. The van der Waals surface area contributed by atoms with Crippen LogP contribution < -0.4 is 10.1 Å². The molecular weight excluding hydrogens is 264 g/mol. The first-order chi connectivity index (χ1) is 9.17. The van der Waals surface area contributed by atoms with Gasteiger partial charge in [0, 0.05) is 0 Å². The number of rotatable bonds is 3. The van der Waals surface area contributed by atoms with Crippen molar-refractivity contribution in [2.45, 2.75) is 6.92 Å². The van der Waals surface area contributed by atoms with E-state index in [0.29, 0.717) is 22.8 Å². The van der Waals surface area contributed by atoms with Gasteiger partial charge in [0.15, 0.2) is 16.7 Å². The van der Waals surface area contributed by atoms with Gasteiger partial charge in [-0.25, -0.2) is 9.97 Å². The Balaban J connectivity index is 2.46. The van der Waals surface area contributed by atoms with Crippen LogP contribution in [0.2, 0.25) is 5.15 Å².